The van der Waals surface area contributed by atoms with E-state index in [2.05, 4.69) is 10.3 Å². The van der Waals surface area contributed by atoms with Crippen LogP contribution in [0.1, 0.15) is 17.0 Å². The Morgan fingerprint density at radius 3 is 2.60 bits per heavy atom. The van der Waals surface area contributed by atoms with E-state index in [0.29, 0.717) is 16.3 Å². The highest BCUT2D eigenvalue weighted by atomic mass is 35.5. The van der Waals surface area contributed by atoms with E-state index >= 15 is 0 Å². The van der Waals surface area contributed by atoms with Crippen molar-refractivity contribution in [3.8, 4) is 5.69 Å². The van der Waals surface area contributed by atoms with Crippen LogP contribution < -0.4 is 9.62 Å². The number of aromatic nitrogens is 2. The van der Waals surface area contributed by atoms with Gasteiger partial charge in [0.15, 0.2) is 0 Å². The average molecular weight is 447 g/mol. The van der Waals surface area contributed by atoms with E-state index in [1.165, 1.54) is 0 Å². The van der Waals surface area contributed by atoms with Gasteiger partial charge in [-0.25, -0.2) is 13.4 Å². The average Bonchev–Trinajstić information content (AvgIpc) is 3.11. The molecule has 7 nitrogen and oxygen atoms in total. The topological polar surface area (TPSA) is 84.3 Å². The van der Waals surface area contributed by atoms with Crippen LogP contribution in [0.5, 0.6) is 0 Å². The van der Waals surface area contributed by atoms with Gasteiger partial charge >= 0.3 is 0 Å². The standard InChI is InChI=1S/C21H23ClN4O3S/c1-15-8-9-18(22)12-20(15)26(30(3,28)29)14-21(27)24-13-17-6-4-5-7-19(17)25-11-10-23-16(25)2/h4-12H,13-14H2,1-3H3,(H,24,27). The normalized spacial score (nSPS) is 11.3. The Hall–Kier alpha value is -2.84. The largest absolute Gasteiger partial charge is 0.350 e. The first-order chi connectivity index (χ1) is 14.2. The van der Waals surface area contributed by atoms with Crippen molar-refractivity contribution in [2.24, 2.45) is 0 Å². The van der Waals surface area contributed by atoms with Crippen LogP contribution in [-0.4, -0.2) is 36.7 Å². The number of anilines is 1. The van der Waals surface area contributed by atoms with Gasteiger partial charge in [0, 0.05) is 24.0 Å². The van der Waals surface area contributed by atoms with Crippen LogP contribution in [-0.2, 0) is 21.4 Å². The van der Waals surface area contributed by atoms with E-state index in [0.717, 1.165) is 27.6 Å². The van der Waals surface area contributed by atoms with Crippen LogP contribution >= 0.6 is 11.6 Å². The fourth-order valence-electron chi connectivity index (χ4n) is 3.14. The second kappa shape index (κ2) is 8.89. The monoisotopic (exact) mass is 446 g/mol. The van der Waals surface area contributed by atoms with Crippen molar-refractivity contribution >= 4 is 33.2 Å². The van der Waals surface area contributed by atoms with Gasteiger partial charge in [0.2, 0.25) is 15.9 Å². The van der Waals surface area contributed by atoms with E-state index in [4.69, 9.17) is 11.6 Å². The summed E-state index contributed by atoms with van der Waals surface area (Å²) in [6.07, 6.45) is 4.63. The third-order valence-corrected chi connectivity index (χ3v) is 6.04. The molecule has 0 saturated carbocycles. The third kappa shape index (κ3) is 5.01. The first kappa shape index (κ1) is 21.9. The number of amides is 1. The minimum Gasteiger partial charge on any atom is -0.350 e. The number of hydrogen-bond acceptors (Lipinski definition) is 4. The van der Waals surface area contributed by atoms with Crippen LogP contribution in [0.2, 0.25) is 5.02 Å². The smallest absolute Gasteiger partial charge is 0.241 e. The highest BCUT2D eigenvalue weighted by Gasteiger charge is 2.22. The molecule has 0 fully saturated rings. The lowest BCUT2D eigenvalue weighted by Gasteiger charge is -2.24. The van der Waals surface area contributed by atoms with Gasteiger partial charge in [0.05, 0.1) is 17.6 Å². The summed E-state index contributed by atoms with van der Waals surface area (Å²) in [6, 6.07) is 12.6. The van der Waals surface area contributed by atoms with Crippen molar-refractivity contribution in [3.05, 3.63) is 76.8 Å². The maximum Gasteiger partial charge on any atom is 0.241 e. The molecule has 9 heteroatoms. The fraction of sp³-hybridized carbons (Fsp3) is 0.238. The van der Waals surface area contributed by atoms with E-state index in [1.807, 2.05) is 42.0 Å². The summed E-state index contributed by atoms with van der Waals surface area (Å²) in [5.74, 6) is 0.408. The molecule has 0 radical (unpaired) electrons. The molecule has 30 heavy (non-hydrogen) atoms. The molecular weight excluding hydrogens is 424 g/mol. The second-order valence-corrected chi connectivity index (χ2v) is 9.29. The molecule has 0 aliphatic carbocycles. The molecule has 1 aromatic heterocycles. The molecule has 3 aromatic rings. The molecule has 1 amide bonds. The molecule has 0 atom stereocenters. The number of benzene rings is 2. The van der Waals surface area contributed by atoms with Gasteiger partial charge in [-0.15, -0.1) is 0 Å². The first-order valence-electron chi connectivity index (χ1n) is 9.25. The predicted molar refractivity (Wildman–Crippen MR) is 119 cm³/mol. The van der Waals surface area contributed by atoms with Crippen molar-refractivity contribution in [1.82, 2.24) is 14.9 Å². The lowest BCUT2D eigenvalue weighted by Crippen LogP contribution is -2.40. The number of sulfonamides is 1. The Balaban J connectivity index is 1.78. The zero-order chi connectivity index (χ0) is 21.9. The SMILES string of the molecule is Cc1ccc(Cl)cc1N(CC(=O)NCc1ccccc1-n1ccnc1C)S(C)(=O)=O. The van der Waals surface area contributed by atoms with Crippen molar-refractivity contribution in [2.75, 3.05) is 17.1 Å². The number of nitrogens with zero attached hydrogens (tertiary/aromatic N) is 3. The summed E-state index contributed by atoms with van der Waals surface area (Å²) >= 11 is 6.04. The predicted octanol–water partition coefficient (Wildman–Crippen LogP) is 3.22. The van der Waals surface area contributed by atoms with E-state index in [-0.39, 0.29) is 13.1 Å². The zero-order valence-corrected chi connectivity index (χ0v) is 18.5. The summed E-state index contributed by atoms with van der Waals surface area (Å²) in [4.78, 5) is 16.9. The van der Waals surface area contributed by atoms with Crippen LogP contribution in [0.25, 0.3) is 5.69 Å². The molecule has 0 spiro atoms. The van der Waals surface area contributed by atoms with Crippen molar-refractivity contribution in [2.45, 2.75) is 20.4 Å². The third-order valence-electron chi connectivity index (χ3n) is 4.68. The van der Waals surface area contributed by atoms with Crippen molar-refractivity contribution in [3.63, 3.8) is 0 Å². The van der Waals surface area contributed by atoms with Crippen molar-refractivity contribution in [1.29, 1.82) is 0 Å². The van der Waals surface area contributed by atoms with Gasteiger partial charge < -0.3 is 9.88 Å². The lowest BCUT2D eigenvalue weighted by atomic mass is 10.1. The Labute approximate surface area is 181 Å². The second-order valence-electron chi connectivity index (χ2n) is 6.95. The minimum atomic E-state index is -3.68. The molecule has 0 bridgehead atoms. The molecule has 2 aromatic carbocycles. The highest BCUT2D eigenvalue weighted by Crippen LogP contribution is 2.26. The molecule has 0 aliphatic heterocycles. The minimum absolute atomic E-state index is 0.249. The van der Waals surface area contributed by atoms with Crippen molar-refractivity contribution < 1.29 is 13.2 Å². The van der Waals surface area contributed by atoms with Crippen LogP contribution in [0.15, 0.2) is 54.9 Å². The van der Waals surface area contributed by atoms with Gasteiger partial charge in [-0.2, -0.15) is 0 Å². The molecule has 0 unspecified atom stereocenters. The molecule has 1 heterocycles. The summed E-state index contributed by atoms with van der Waals surface area (Å²) in [5.41, 5.74) is 2.88. The number of carbonyl (C=O) groups is 1. The number of halogens is 1. The quantitative estimate of drug-likeness (QED) is 0.603. The fourth-order valence-corrected chi connectivity index (χ4v) is 4.21. The Kier molecular flexibility index (Phi) is 6.48. The van der Waals surface area contributed by atoms with E-state index < -0.39 is 15.9 Å². The van der Waals surface area contributed by atoms with Gasteiger partial charge in [-0.3, -0.25) is 9.10 Å². The zero-order valence-electron chi connectivity index (χ0n) is 17.0. The maximum absolute atomic E-state index is 12.6. The number of imidazole rings is 1. The molecule has 158 valence electrons. The first-order valence-corrected chi connectivity index (χ1v) is 11.5. The number of para-hydroxylation sites is 1. The summed E-state index contributed by atoms with van der Waals surface area (Å²) in [5, 5.41) is 3.21. The highest BCUT2D eigenvalue weighted by molar-refractivity contribution is 7.92. The summed E-state index contributed by atoms with van der Waals surface area (Å²) in [7, 11) is -3.68. The summed E-state index contributed by atoms with van der Waals surface area (Å²) < 4.78 is 27.7. The lowest BCUT2D eigenvalue weighted by molar-refractivity contribution is -0.119. The number of carbonyl (C=O) groups excluding carboxylic acids is 1. The number of aryl methyl sites for hydroxylation is 2. The Bertz CT molecular complexity index is 1170. The van der Waals surface area contributed by atoms with E-state index in [1.54, 1.807) is 31.3 Å². The summed E-state index contributed by atoms with van der Waals surface area (Å²) in [6.45, 7) is 3.57. The van der Waals surface area contributed by atoms with Gasteiger partial charge in [0.25, 0.3) is 0 Å². The van der Waals surface area contributed by atoms with Gasteiger partial charge in [0.1, 0.15) is 12.4 Å². The molecular formula is C21H23ClN4O3S. The molecule has 1 N–H and O–H groups in total. The molecule has 0 aliphatic rings. The molecule has 3 rings (SSSR count). The molecule has 0 saturated heterocycles. The number of rotatable bonds is 7. The van der Waals surface area contributed by atoms with Gasteiger partial charge in [-0.1, -0.05) is 35.9 Å². The van der Waals surface area contributed by atoms with Crippen LogP contribution in [0.3, 0.4) is 0 Å². The van der Waals surface area contributed by atoms with Crippen LogP contribution in [0.4, 0.5) is 5.69 Å². The number of nitrogens with one attached hydrogen (secondary N) is 1. The van der Waals surface area contributed by atoms with Gasteiger partial charge in [-0.05, 0) is 43.2 Å². The van der Waals surface area contributed by atoms with Crippen LogP contribution in [0, 0.1) is 13.8 Å². The Morgan fingerprint density at radius 2 is 1.93 bits per heavy atom. The Morgan fingerprint density at radius 1 is 1.20 bits per heavy atom. The maximum atomic E-state index is 12.6. The number of hydrogen-bond donors (Lipinski definition) is 1. The van der Waals surface area contributed by atoms with E-state index in [9.17, 15) is 13.2 Å².